The molecule has 3 nitrogen and oxygen atoms in total. The van der Waals surface area contributed by atoms with Gasteiger partial charge in [0.15, 0.2) is 0 Å². The van der Waals surface area contributed by atoms with Crippen LogP contribution >= 0.6 is 0 Å². The lowest BCUT2D eigenvalue weighted by Gasteiger charge is -2.33. The standard InChI is InChI=1S/C17H19F3N3.HI/c1-21-8-3-2-7-16(21)23-11-9-22(10-12-23)15-6-4-5-14(13-15)17(18,19)20;/h2-8,13H,9-12H2,1H3;1H/q+1;/p-1. The van der Waals surface area contributed by atoms with Gasteiger partial charge in [0, 0.05) is 11.8 Å². The number of hydrogen-bond donors (Lipinski definition) is 0. The van der Waals surface area contributed by atoms with Crippen LogP contribution in [0.25, 0.3) is 0 Å². The molecule has 0 atom stereocenters. The van der Waals surface area contributed by atoms with Crippen LogP contribution in [0.3, 0.4) is 0 Å². The fourth-order valence-corrected chi connectivity index (χ4v) is 2.92. The summed E-state index contributed by atoms with van der Waals surface area (Å²) in [6.07, 6.45) is -2.30. The number of rotatable bonds is 2. The van der Waals surface area contributed by atoms with Gasteiger partial charge < -0.3 is 28.9 Å². The van der Waals surface area contributed by atoms with E-state index in [1.54, 1.807) is 6.07 Å². The predicted molar refractivity (Wildman–Crippen MR) is 83.5 cm³/mol. The molecule has 2 aromatic rings. The third-order valence-electron chi connectivity index (χ3n) is 4.17. The molecule has 24 heavy (non-hydrogen) atoms. The largest absolute Gasteiger partial charge is 1.00 e. The molecule has 0 aliphatic carbocycles. The van der Waals surface area contributed by atoms with Crippen molar-refractivity contribution < 1.29 is 41.7 Å². The van der Waals surface area contributed by atoms with E-state index in [1.807, 2.05) is 30.3 Å². The average molecular weight is 449 g/mol. The topological polar surface area (TPSA) is 10.4 Å². The highest BCUT2D eigenvalue weighted by Crippen LogP contribution is 2.32. The molecule has 1 aromatic carbocycles. The average Bonchev–Trinajstić information content (AvgIpc) is 2.55. The zero-order chi connectivity index (χ0) is 16.4. The van der Waals surface area contributed by atoms with Gasteiger partial charge in [-0.1, -0.05) is 12.1 Å². The second kappa shape index (κ2) is 7.58. The molecular formula is C17H19F3IN3. The summed E-state index contributed by atoms with van der Waals surface area (Å²) >= 11 is 0. The number of halogens is 4. The zero-order valence-corrected chi connectivity index (χ0v) is 15.5. The molecular weight excluding hydrogens is 430 g/mol. The van der Waals surface area contributed by atoms with E-state index in [2.05, 4.69) is 15.5 Å². The maximum absolute atomic E-state index is 12.8. The normalized spacial score (nSPS) is 15.2. The number of nitrogens with zero attached hydrogens (tertiary/aromatic N) is 3. The van der Waals surface area contributed by atoms with Crippen LogP contribution in [-0.4, -0.2) is 26.2 Å². The highest BCUT2D eigenvalue weighted by molar-refractivity contribution is 5.51. The number of aryl methyl sites for hydroxylation is 1. The van der Waals surface area contributed by atoms with Crippen molar-refractivity contribution in [3.63, 3.8) is 0 Å². The van der Waals surface area contributed by atoms with E-state index in [1.165, 1.54) is 12.1 Å². The first-order chi connectivity index (χ1) is 10.9. The fourth-order valence-electron chi connectivity index (χ4n) is 2.92. The molecule has 1 aromatic heterocycles. The van der Waals surface area contributed by atoms with Gasteiger partial charge in [-0.3, -0.25) is 4.90 Å². The van der Waals surface area contributed by atoms with Crippen LogP contribution in [0.1, 0.15) is 5.56 Å². The minimum atomic E-state index is -4.30. The van der Waals surface area contributed by atoms with E-state index in [9.17, 15) is 13.2 Å². The van der Waals surface area contributed by atoms with Gasteiger partial charge in [-0.05, 0) is 24.3 Å². The fraction of sp³-hybridized carbons (Fsp3) is 0.353. The molecule has 0 amide bonds. The van der Waals surface area contributed by atoms with E-state index in [-0.39, 0.29) is 24.0 Å². The van der Waals surface area contributed by atoms with E-state index in [0.29, 0.717) is 18.8 Å². The molecule has 7 heteroatoms. The number of piperazine rings is 1. The molecule has 1 saturated heterocycles. The zero-order valence-electron chi connectivity index (χ0n) is 13.3. The summed E-state index contributed by atoms with van der Waals surface area (Å²) in [5.41, 5.74) is 0.0452. The Balaban J connectivity index is 0.00000208. The third-order valence-corrected chi connectivity index (χ3v) is 4.17. The quantitative estimate of drug-likeness (QED) is 0.467. The van der Waals surface area contributed by atoms with E-state index >= 15 is 0 Å². The Morgan fingerprint density at radius 3 is 2.21 bits per heavy atom. The number of benzene rings is 1. The molecule has 0 saturated carbocycles. The van der Waals surface area contributed by atoms with Crippen molar-refractivity contribution in [1.29, 1.82) is 0 Å². The summed E-state index contributed by atoms with van der Waals surface area (Å²) < 4.78 is 40.6. The maximum atomic E-state index is 12.8. The molecule has 0 bridgehead atoms. The summed E-state index contributed by atoms with van der Waals surface area (Å²) in [5.74, 6) is 1.12. The molecule has 0 radical (unpaired) electrons. The number of alkyl halides is 3. The SMILES string of the molecule is C[n+]1ccccc1N1CCN(c2cccc(C(F)(F)F)c2)CC1.[I-]. The van der Waals surface area contributed by atoms with Crippen molar-refractivity contribution in [1.82, 2.24) is 0 Å². The van der Waals surface area contributed by atoms with Crippen LogP contribution in [0.5, 0.6) is 0 Å². The molecule has 1 aliphatic rings. The molecule has 0 unspecified atom stereocenters. The van der Waals surface area contributed by atoms with Crippen molar-refractivity contribution in [3.8, 4) is 0 Å². The van der Waals surface area contributed by atoms with Crippen LogP contribution < -0.4 is 38.3 Å². The van der Waals surface area contributed by atoms with Gasteiger partial charge in [-0.25, -0.2) is 4.57 Å². The minimum absolute atomic E-state index is 0. The van der Waals surface area contributed by atoms with Crippen LogP contribution in [0.15, 0.2) is 48.7 Å². The number of aromatic nitrogens is 1. The van der Waals surface area contributed by atoms with Crippen LogP contribution in [0.2, 0.25) is 0 Å². The number of anilines is 2. The Morgan fingerprint density at radius 1 is 0.917 bits per heavy atom. The smallest absolute Gasteiger partial charge is 0.416 e. The molecule has 0 N–H and O–H groups in total. The van der Waals surface area contributed by atoms with Crippen molar-refractivity contribution >= 4 is 11.5 Å². The number of hydrogen-bond acceptors (Lipinski definition) is 2. The summed E-state index contributed by atoms with van der Waals surface area (Å²) in [6.45, 7) is 2.98. The van der Waals surface area contributed by atoms with Gasteiger partial charge in [0.25, 0.3) is 5.82 Å². The Labute approximate surface area is 156 Å². The summed E-state index contributed by atoms with van der Waals surface area (Å²) in [6, 6.07) is 11.6. The summed E-state index contributed by atoms with van der Waals surface area (Å²) in [4.78, 5) is 4.26. The third kappa shape index (κ3) is 4.12. The highest BCUT2D eigenvalue weighted by atomic mass is 127. The van der Waals surface area contributed by atoms with Crippen LogP contribution in [0, 0.1) is 0 Å². The molecule has 130 valence electrons. The Bertz CT molecular complexity index is 683. The molecule has 0 spiro atoms. The van der Waals surface area contributed by atoms with Gasteiger partial charge in [-0.15, -0.1) is 0 Å². The number of pyridine rings is 1. The molecule has 2 heterocycles. The molecule has 3 rings (SSSR count). The lowest BCUT2D eigenvalue weighted by molar-refractivity contribution is -0.659. The van der Waals surface area contributed by atoms with Gasteiger partial charge in [0.2, 0.25) is 0 Å². The van der Waals surface area contributed by atoms with Crippen molar-refractivity contribution in [3.05, 3.63) is 54.2 Å². The molecule has 1 fully saturated rings. The Kier molecular flexibility index (Phi) is 5.95. The van der Waals surface area contributed by atoms with E-state index in [4.69, 9.17) is 0 Å². The van der Waals surface area contributed by atoms with Crippen LogP contribution in [0.4, 0.5) is 24.7 Å². The van der Waals surface area contributed by atoms with E-state index in [0.717, 1.165) is 25.0 Å². The minimum Gasteiger partial charge on any atom is -1.00 e. The monoisotopic (exact) mass is 449 g/mol. The Hall–Kier alpha value is -1.51. The van der Waals surface area contributed by atoms with Gasteiger partial charge in [-0.2, -0.15) is 13.2 Å². The van der Waals surface area contributed by atoms with E-state index < -0.39 is 11.7 Å². The predicted octanol–water partition coefficient (Wildman–Crippen LogP) is -0.139. The second-order valence-corrected chi connectivity index (χ2v) is 5.69. The summed E-state index contributed by atoms with van der Waals surface area (Å²) in [7, 11) is 1.99. The lowest BCUT2D eigenvalue weighted by atomic mass is 10.1. The van der Waals surface area contributed by atoms with Crippen molar-refractivity contribution in [2.24, 2.45) is 7.05 Å². The van der Waals surface area contributed by atoms with Crippen LogP contribution in [-0.2, 0) is 13.2 Å². The first kappa shape index (κ1) is 18.8. The van der Waals surface area contributed by atoms with Crippen molar-refractivity contribution in [2.75, 3.05) is 36.0 Å². The first-order valence-electron chi connectivity index (χ1n) is 7.57. The van der Waals surface area contributed by atoms with Gasteiger partial charge in [0.05, 0.1) is 31.9 Å². The van der Waals surface area contributed by atoms with Crippen molar-refractivity contribution in [2.45, 2.75) is 6.18 Å². The van der Waals surface area contributed by atoms with Gasteiger partial charge in [0.1, 0.15) is 13.1 Å². The highest BCUT2D eigenvalue weighted by Gasteiger charge is 2.31. The maximum Gasteiger partial charge on any atom is 0.416 e. The molecule has 1 aliphatic heterocycles. The van der Waals surface area contributed by atoms with Gasteiger partial charge >= 0.3 is 6.18 Å². The second-order valence-electron chi connectivity index (χ2n) is 5.69. The summed E-state index contributed by atoms with van der Waals surface area (Å²) in [5, 5.41) is 0. The lowest BCUT2D eigenvalue weighted by Crippen LogP contribution is -3.00. The Morgan fingerprint density at radius 2 is 1.58 bits per heavy atom. The first-order valence-corrected chi connectivity index (χ1v) is 7.57.